The molecular formula is C14H20N2O3. The predicted molar refractivity (Wildman–Crippen MR) is 72.7 cm³/mol. The van der Waals surface area contributed by atoms with E-state index in [9.17, 15) is 4.79 Å². The quantitative estimate of drug-likeness (QED) is 0.849. The lowest BCUT2D eigenvalue weighted by atomic mass is 10.1. The van der Waals surface area contributed by atoms with Gasteiger partial charge in [-0.25, -0.2) is 0 Å². The molecule has 1 amide bonds. The van der Waals surface area contributed by atoms with Crippen LogP contribution in [0.4, 0.5) is 0 Å². The van der Waals surface area contributed by atoms with Gasteiger partial charge in [-0.3, -0.25) is 4.79 Å². The van der Waals surface area contributed by atoms with E-state index in [4.69, 9.17) is 9.47 Å². The van der Waals surface area contributed by atoms with Gasteiger partial charge in [0.15, 0.2) is 0 Å². The van der Waals surface area contributed by atoms with Crippen molar-refractivity contribution in [2.75, 3.05) is 40.4 Å². The van der Waals surface area contributed by atoms with E-state index in [1.807, 2.05) is 23.1 Å². The Kier molecular flexibility index (Phi) is 4.63. The number of hydrogen-bond acceptors (Lipinski definition) is 4. The normalized spacial score (nSPS) is 15.5. The zero-order chi connectivity index (χ0) is 13.7. The molecule has 0 radical (unpaired) electrons. The number of nitrogens with one attached hydrogen (secondary N) is 1. The minimum absolute atomic E-state index is 0.165. The molecule has 0 aromatic heterocycles. The Morgan fingerprint density at radius 3 is 2.84 bits per heavy atom. The predicted octanol–water partition coefficient (Wildman–Crippen LogP) is 0.678. The summed E-state index contributed by atoms with van der Waals surface area (Å²) in [4.78, 5) is 13.6. The van der Waals surface area contributed by atoms with Gasteiger partial charge in [-0.2, -0.15) is 0 Å². The van der Waals surface area contributed by atoms with E-state index in [2.05, 4.69) is 5.32 Å². The monoisotopic (exact) mass is 264 g/mol. The maximum atomic E-state index is 11.7. The molecule has 1 aromatic carbocycles. The van der Waals surface area contributed by atoms with Crippen LogP contribution < -0.4 is 14.8 Å². The molecule has 5 nitrogen and oxygen atoms in total. The van der Waals surface area contributed by atoms with Gasteiger partial charge in [0.25, 0.3) is 0 Å². The summed E-state index contributed by atoms with van der Waals surface area (Å²) in [6.07, 6.45) is 0.791. The molecule has 0 spiro atoms. The SMILES string of the molecule is COc1ccc(CCN2CCNCC2=O)c(OC)c1. The maximum Gasteiger partial charge on any atom is 0.236 e. The number of rotatable bonds is 5. The summed E-state index contributed by atoms with van der Waals surface area (Å²) in [7, 11) is 3.28. The average molecular weight is 264 g/mol. The Morgan fingerprint density at radius 2 is 2.16 bits per heavy atom. The van der Waals surface area contributed by atoms with Crippen LogP contribution in [0.5, 0.6) is 11.5 Å². The van der Waals surface area contributed by atoms with E-state index in [1.54, 1.807) is 14.2 Å². The molecule has 5 heteroatoms. The van der Waals surface area contributed by atoms with Crippen LogP contribution in [0.15, 0.2) is 18.2 Å². The number of amides is 1. The van der Waals surface area contributed by atoms with Gasteiger partial charge in [-0.1, -0.05) is 6.07 Å². The Balaban J connectivity index is 2.00. The molecular weight excluding hydrogens is 244 g/mol. The van der Waals surface area contributed by atoms with Crippen molar-refractivity contribution in [2.45, 2.75) is 6.42 Å². The lowest BCUT2D eigenvalue weighted by molar-refractivity contribution is -0.131. The van der Waals surface area contributed by atoms with Crippen LogP contribution in [0, 0.1) is 0 Å². The van der Waals surface area contributed by atoms with E-state index in [1.165, 1.54) is 0 Å². The molecule has 0 aliphatic carbocycles. The van der Waals surface area contributed by atoms with E-state index in [0.717, 1.165) is 43.1 Å². The van der Waals surface area contributed by atoms with Crippen molar-refractivity contribution in [2.24, 2.45) is 0 Å². The number of carbonyl (C=O) groups excluding carboxylic acids is 1. The third-order valence-corrected chi connectivity index (χ3v) is 3.33. The summed E-state index contributed by atoms with van der Waals surface area (Å²) in [5, 5.41) is 3.07. The third kappa shape index (κ3) is 3.38. The van der Waals surface area contributed by atoms with Gasteiger partial charge >= 0.3 is 0 Å². The minimum atomic E-state index is 0.165. The van der Waals surface area contributed by atoms with Crippen molar-refractivity contribution in [1.82, 2.24) is 10.2 Å². The van der Waals surface area contributed by atoms with Crippen LogP contribution in [0.3, 0.4) is 0 Å². The van der Waals surface area contributed by atoms with Gasteiger partial charge in [0.2, 0.25) is 5.91 Å². The second kappa shape index (κ2) is 6.43. The Hall–Kier alpha value is -1.75. The summed E-state index contributed by atoms with van der Waals surface area (Å²) < 4.78 is 10.5. The fourth-order valence-electron chi connectivity index (χ4n) is 2.20. The maximum absolute atomic E-state index is 11.7. The molecule has 1 saturated heterocycles. The first-order valence-corrected chi connectivity index (χ1v) is 6.44. The number of ether oxygens (including phenoxy) is 2. The second-order valence-electron chi connectivity index (χ2n) is 4.49. The number of carbonyl (C=O) groups is 1. The highest BCUT2D eigenvalue weighted by molar-refractivity contribution is 5.79. The molecule has 1 fully saturated rings. The van der Waals surface area contributed by atoms with E-state index in [-0.39, 0.29) is 5.91 Å². The molecule has 0 unspecified atom stereocenters. The Morgan fingerprint density at radius 1 is 1.32 bits per heavy atom. The molecule has 0 bridgehead atoms. The number of benzene rings is 1. The molecule has 0 saturated carbocycles. The lowest BCUT2D eigenvalue weighted by Crippen LogP contribution is -2.48. The Bertz CT molecular complexity index is 448. The van der Waals surface area contributed by atoms with Crippen molar-refractivity contribution in [3.05, 3.63) is 23.8 Å². The second-order valence-corrected chi connectivity index (χ2v) is 4.49. The smallest absolute Gasteiger partial charge is 0.236 e. The van der Waals surface area contributed by atoms with Crippen LogP contribution in [0.25, 0.3) is 0 Å². The number of nitrogens with zero attached hydrogens (tertiary/aromatic N) is 1. The molecule has 1 aliphatic rings. The highest BCUT2D eigenvalue weighted by Gasteiger charge is 2.17. The fourth-order valence-corrected chi connectivity index (χ4v) is 2.20. The van der Waals surface area contributed by atoms with Gasteiger partial charge in [0, 0.05) is 25.7 Å². The van der Waals surface area contributed by atoms with E-state index < -0.39 is 0 Å². The molecule has 1 N–H and O–H groups in total. The lowest BCUT2D eigenvalue weighted by Gasteiger charge is -2.27. The molecule has 1 aromatic rings. The summed E-state index contributed by atoms with van der Waals surface area (Å²) >= 11 is 0. The first-order valence-electron chi connectivity index (χ1n) is 6.44. The molecule has 1 heterocycles. The van der Waals surface area contributed by atoms with Gasteiger partial charge in [-0.15, -0.1) is 0 Å². The number of piperazine rings is 1. The van der Waals surface area contributed by atoms with Crippen LogP contribution in [0.1, 0.15) is 5.56 Å². The first-order chi connectivity index (χ1) is 9.24. The number of methoxy groups -OCH3 is 2. The molecule has 2 rings (SSSR count). The molecule has 19 heavy (non-hydrogen) atoms. The van der Waals surface area contributed by atoms with Crippen molar-refractivity contribution in [1.29, 1.82) is 0 Å². The highest BCUT2D eigenvalue weighted by atomic mass is 16.5. The highest BCUT2D eigenvalue weighted by Crippen LogP contribution is 2.25. The van der Waals surface area contributed by atoms with E-state index in [0.29, 0.717) is 6.54 Å². The van der Waals surface area contributed by atoms with E-state index >= 15 is 0 Å². The summed E-state index contributed by atoms with van der Waals surface area (Å²) in [5.74, 6) is 1.75. The van der Waals surface area contributed by atoms with Gasteiger partial charge in [0.05, 0.1) is 20.8 Å². The number of hydrogen-bond donors (Lipinski definition) is 1. The van der Waals surface area contributed by atoms with Gasteiger partial charge in [0.1, 0.15) is 11.5 Å². The first kappa shape index (κ1) is 13.7. The molecule has 104 valence electrons. The summed E-state index contributed by atoms with van der Waals surface area (Å²) in [6, 6.07) is 5.77. The summed E-state index contributed by atoms with van der Waals surface area (Å²) in [6.45, 7) is 2.81. The van der Waals surface area contributed by atoms with Gasteiger partial charge in [-0.05, 0) is 18.1 Å². The average Bonchev–Trinajstić information content (AvgIpc) is 2.46. The largest absolute Gasteiger partial charge is 0.497 e. The summed E-state index contributed by atoms with van der Waals surface area (Å²) in [5.41, 5.74) is 1.09. The third-order valence-electron chi connectivity index (χ3n) is 3.33. The van der Waals surface area contributed by atoms with Crippen LogP contribution in [-0.4, -0.2) is 51.2 Å². The Labute approximate surface area is 113 Å². The van der Waals surface area contributed by atoms with Crippen LogP contribution >= 0.6 is 0 Å². The molecule has 0 atom stereocenters. The minimum Gasteiger partial charge on any atom is -0.497 e. The van der Waals surface area contributed by atoms with Crippen molar-refractivity contribution in [3.8, 4) is 11.5 Å². The van der Waals surface area contributed by atoms with Gasteiger partial charge < -0.3 is 19.7 Å². The van der Waals surface area contributed by atoms with Crippen LogP contribution in [0.2, 0.25) is 0 Å². The standard InChI is InChI=1S/C14H20N2O3/c1-18-12-4-3-11(13(9-12)19-2)5-7-16-8-6-15-10-14(16)17/h3-4,9,15H,5-8,10H2,1-2H3. The van der Waals surface area contributed by atoms with Crippen molar-refractivity contribution in [3.63, 3.8) is 0 Å². The topological polar surface area (TPSA) is 50.8 Å². The van der Waals surface area contributed by atoms with Crippen molar-refractivity contribution < 1.29 is 14.3 Å². The van der Waals surface area contributed by atoms with Crippen LogP contribution in [-0.2, 0) is 11.2 Å². The fraction of sp³-hybridized carbons (Fsp3) is 0.500. The van der Waals surface area contributed by atoms with Crippen molar-refractivity contribution >= 4 is 5.91 Å². The zero-order valence-electron chi connectivity index (χ0n) is 11.4. The molecule has 1 aliphatic heterocycles. The zero-order valence-corrected chi connectivity index (χ0v) is 11.4.